The highest BCUT2D eigenvalue weighted by atomic mass is 16.3. The van der Waals surface area contributed by atoms with Gasteiger partial charge in [-0.15, -0.1) is 0 Å². The quantitative estimate of drug-likeness (QED) is 0.814. The van der Waals surface area contributed by atoms with Crippen LogP contribution in [-0.4, -0.2) is 50.3 Å². The van der Waals surface area contributed by atoms with Gasteiger partial charge in [0.25, 0.3) is 0 Å². The fraction of sp³-hybridized carbons (Fsp3) is 0.800. The Morgan fingerprint density at radius 1 is 1.50 bits per heavy atom. The number of imidazole rings is 1. The van der Waals surface area contributed by atoms with E-state index in [2.05, 4.69) is 39.8 Å². The maximum absolute atomic E-state index is 9.74. The standard InChI is InChI=1S/C15H26N4O/c1-12(9-15(2,11-20)17-13-3-4-13)19-8-7-18-6-5-16-14(18)10-19/h5-6,12-13,17,20H,3-4,7-11H2,1-2H3. The first kappa shape index (κ1) is 14.0. The Morgan fingerprint density at radius 2 is 2.30 bits per heavy atom. The number of rotatable bonds is 6. The molecule has 1 aliphatic carbocycles. The lowest BCUT2D eigenvalue weighted by Crippen LogP contribution is -2.52. The van der Waals surface area contributed by atoms with Gasteiger partial charge in [-0.25, -0.2) is 4.98 Å². The molecule has 0 saturated heterocycles. The van der Waals surface area contributed by atoms with E-state index in [9.17, 15) is 5.11 Å². The van der Waals surface area contributed by atoms with Crippen molar-refractivity contribution in [3.63, 3.8) is 0 Å². The molecule has 20 heavy (non-hydrogen) atoms. The highest BCUT2D eigenvalue weighted by molar-refractivity contribution is 4.98. The third-order valence-corrected chi connectivity index (χ3v) is 4.62. The number of fused-ring (bicyclic) bond motifs is 1. The molecule has 2 aliphatic rings. The van der Waals surface area contributed by atoms with Crippen molar-refractivity contribution in [2.75, 3.05) is 13.2 Å². The van der Waals surface area contributed by atoms with Crippen molar-refractivity contribution < 1.29 is 5.11 Å². The van der Waals surface area contributed by atoms with E-state index in [4.69, 9.17) is 0 Å². The summed E-state index contributed by atoms with van der Waals surface area (Å²) in [7, 11) is 0. The third kappa shape index (κ3) is 3.05. The van der Waals surface area contributed by atoms with E-state index in [0.29, 0.717) is 12.1 Å². The molecule has 112 valence electrons. The first-order chi connectivity index (χ1) is 9.59. The van der Waals surface area contributed by atoms with Crippen molar-refractivity contribution in [3.05, 3.63) is 18.2 Å². The minimum Gasteiger partial charge on any atom is -0.394 e. The minimum atomic E-state index is -0.159. The van der Waals surface area contributed by atoms with Crippen LogP contribution in [0.3, 0.4) is 0 Å². The van der Waals surface area contributed by atoms with Gasteiger partial charge >= 0.3 is 0 Å². The number of aliphatic hydroxyl groups excluding tert-OH is 1. The van der Waals surface area contributed by atoms with Gasteiger partial charge in [0, 0.05) is 43.1 Å². The molecular weight excluding hydrogens is 252 g/mol. The molecule has 1 saturated carbocycles. The largest absolute Gasteiger partial charge is 0.394 e. The van der Waals surface area contributed by atoms with Crippen LogP contribution in [0, 0.1) is 0 Å². The fourth-order valence-corrected chi connectivity index (χ4v) is 3.24. The summed E-state index contributed by atoms with van der Waals surface area (Å²) >= 11 is 0. The summed E-state index contributed by atoms with van der Waals surface area (Å²) in [5.41, 5.74) is -0.159. The lowest BCUT2D eigenvalue weighted by molar-refractivity contribution is 0.0963. The van der Waals surface area contributed by atoms with Gasteiger partial charge in [0.05, 0.1) is 13.2 Å². The first-order valence-corrected chi connectivity index (χ1v) is 7.72. The van der Waals surface area contributed by atoms with E-state index in [0.717, 1.165) is 31.9 Å². The number of nitrogens with zero attached hydrogens (tertiary/aromatic N) is 3. The Morgan fingerprint density at radius 3 is 3.00 bits per heavy atom. The third-order valence-electron chi connectivity index (χ3n) is 4.62. The Hall–Kier alpha value is -0.910. The van der Waals surface area contributed by atoms with Crippen molar-refractivity contribution in [3.8, 4) is 0 Å². The number of nitrogens with one attached hydrogen (secondary N) is 1. The molecular formula is C15H26N4O. The van der Waals surface area contributed by atoms with E-state index < -0.39 is 0 Å². The number of aromatic nitrogens is 2. The van der Waals surface area contributed by atoms with Crippen molar-refractivity contribution in [2.45, 2.75) is 63.8 Å². The molecule has 5 nitrogen and oxygen atoms in total. The van der Waals surface area contributed by atoms with Gasteiger partial charge in [0.2, 0.25) is 0 Å². The lowest BCUT2D eigenvalue weighted by atomic mass is 9.93. The Kier molecular flexibility index (Phi) is 3.84. The van der Waals surface area contributed by atoms with Crippen LogP contribution in [0.1, 0.15) is 38.9 Å². The van der Waals surface area contributed by atoms with Crippen LogP contribution in [-0.2, 0) is 13.1 Å². The summed E-state index contributed by atoms with van der Waals surface area (Å²) in [5.74, 6) is 1.16. The van der Waals surface area contributed by atoms with Crippen molar-refractivity contribution in [2.24, 2.45) is 0 Å². The predicted octanol–water partition coefficient (Wildman–Crippen LogP) is 0.980. The summed E-state index contributed by atoms with van der Waals surface area (Å²) in [6, 6.07) is 1.07. The molecule has 1 aromatic rings. The number of hydrogen-bond acceptors (Lipinski definition) is 4. The Balaban J connectivity index is 1.59. The highest BCUT2D eigenvalue weighted by Gasteiger charge is 2.34. The second-order valence-corrected chi connectivity index (χ2v) is 6.70. The van der Waals surface area contributed by atoms with Gasteiger partial charge < -0.3 is 15.0 Å². The summed E-state index contributed by atoms with van der Waals surface area (Å²) in [6.07, 6.45) is 7.43. The normalized spacial score (nSPS) is 24.1. The zero-order valence-corrected chi connectivity index (χ0v) is 12.5. The molecule has 2 atom stereocenters. The van der Waals surface area contributed by atoms with Crippen LogP contribution in [0.25, 0.3) is 0 Å². The zero-order valence-electron chi connectivity index (χ0n) is 12.5. The monoisotopic (exact) mass is 278 g/mol. The number of hydrogen-bond donors (Lipinski definition) is 2. The topological polar surface area (TPSA) is 53.3 Å². The number of aliphatic hydroxyl groups is 1. The molecule has 2 heterocycles. The van der Waals surface area contributed by atoms with Crippen molar-refractivity contribution in [1.82, 2.24) is 19.8 Å². The molecule has 2 N–H and O–H groups in total. The summed E-state index contributed by atoms with van der Waals surface area (Å²) in [4.78, 5) is 6.90. The van der Waals surface area contributed by atoms with Gasteiger partial charge in [0.15, 0.2) is 0 Å². The predicted molar refractivity (Wildman–Crippen MR) is 78.4 cm³/mol. The summed E-state index contributed by atoms with van der Waals surface area (Å²) in [5, 5.41) is 13.3. The fourth-order valence-electron chi connectivity index (χ4n) is 3.24. The molecule has 1 aliphatic heterocycles. The van der Waals surface area contributed by atoms with Crippen LogP contribution in [0.15, 0.2) is 12.4 Å². The first-order valence-electron chi connectivity index (χ1n) is 7.72. The highest BCUT2D eigenvalue weighted by Crippen LogP contribution is 2.26. The summed E-state index contributed by atoms with van der Waals surface area (Å²) < 4.78 is 2.23. The molecule has 0 aromatic carbocycles. The molecule has 3 rings (SSSR count). The van der Waals surface area contributed by atoms with Crippen LogP contribution in [0.5, 0.6) is 0 Å². The van der Waals surface area contributed by atoms with Crippen molar-refractivity contribution in [1.29, 1.82) is 0 Å². The zero-order chi connectivity index (χ0) is 14.2. The van der Waals surface area contributed by atoms with Gasteiger partial charge in [-0.2, -0.15) is 0 Å². The summed E-state index contributed by atoms with van der Waals surface area (Å²) in [6.45, 7) is 7.62. The van der Waals surface area contributed by atoms with Gasteiger partial charge in [0.1, 0.15) is 5.82 Å². The molecule has 1 fully saturated rings. The minimum absolute atomic E-state index is 0.159. The lowest BCUT2D eigenvalue weighted by Gasteiger charge is -2.38. The Bertz CT molecular complexity index is 456. The van der Waals surface area contributed by atoms with E-state index in [1.807, 2.05) is 6.20 Å². The molecule has 1 aromatic heterocycles. The molecule has 5 heteroatoms. The second kappa shape index (κ2) is 5.47. The van der Waals surface area contributed by atoms with Crippen LogP contribution < -0.4 is 5.32 Å². The molecule has 0 amide bonds. The Labute approximate surface area is 121 Å². The van der Waals surface area contributed by atoms with Gasteiger partial charge in [-0.1, -0.05) is 0 Å². The SMILES string of the molecule is CC(CC(C)(CO)NC1CC1)N1CCn2ccnc2C1. The molecule has 0 radical (unpaired) electrons. The van der Waals surface area contributed by atoms with Crippen molar-refractivity contribution >= 4 is 0 Å². The maximum Gasteiger partial charge on any atom is 0.122 e. The molecule has 2 unspecified atom stereocenters. The average Bonchev–Trinajstić information content (AvgIpc) is 3.11. The van der Waals surface area contributed by atoms with Crippen LogP contribution in [0.2, 0.25) is 0 Å². The average molecular weight is 278 g/mol. The van der Waals surface area contributed by atoms with Gasteiger partial charge in [-0.3, -0.25) is 4.90 Å². The maximum atomic E-state index is 9.74. The van der Waals surface area contributed by atoms with E-state index in [-0.39, 0.29) is 12.1 Å². The molecule has 0 spiro atoms. The molecule has 0 bridgehead atoms. The van der Waals surface area contributed by atoms with E-state index in [1.54, 1.807) is 0 Å². The second-order valence-electron chi connectivity index (χ2n) is 6.70. The van der Waals surface area contributed by atoms with Crippen LogP contribution >= 0.6 is 0 Å². The van der Waals surface area contributed by atoms with Crippen LogP contribution in [0.4, 0.5) is 0 Å². The smallest absolute Gasteiger partial charge is 0.122 e. The van der Waals surface area contributed by atoms with Gasteiger partial charge in [-0.05, 0) is 33.1 Å². The van der Waals surface area contributed by atoms with E-state index >= 15 is 0 Å². The van der Waals surface area contributed by atoms with E-state index in [1.165, 1.54) is 12.8 Å².